The van der Waals surface area contributed by atoms with Gasteiger partial charge in [0.1, 0.15) is 0 Å². The molecule has 0 atom stereocenters. The molecule has 0 unspecified atom stereocenters. The number of carboxylic acid groups (broad SMARTS) is 1. The van der Waals surface area contributed by atoms with Crippen LogP contribution in [0.1, 0.15) is 25.7 Å². The lowest BCUT2D eigenvalue weighted by Gasteiger charge is -2.24. The first-order chi connectivity index (χ1) is 7.18. The summed E-state index contributed by atoms with van der Waals surface area (Å²) in [5.74, 6) is 0.0546. The van der Waals surface area contributed by atoms with Crippen LogP contribution in [0, 0.1) is 5.92 Å². The first-order valence-corrected chi connectivity index (χ1v) is 5.66. The highest BCUT2D eigenvalue weighted by molar-refractivity contribution is 5.66. The van der Waals surface area contributed by atoms with Gasteiger partial charge >= 0.3 is 5.97 Å². The SMILES string of the molecule is CN(CCC(=O)O)CCC1CCOCC1. The van der Waals surface area contributed by atoms with Crippen molar-refractivity contribution in [1.82, 2.24) is 4.90 Å². The van der Waals surface area contributed by atoms with Gasteiger partial charge in [-0.25, -0.2) is 0 Å². The van der Waals surface area contributed by atoms with Gasteiger partial charge in [0.25, 0.3) is 0 Å². The summed E-state index contributed by atoms with van der Waals surface area (Å²) in [6.07, 6.45) is 3.73. The minimum atomic E-state index is -0.715. The predicted octanol–water partition coefficient (Wildman–Crippen LogP) is 1.21. The topological polar surface area (TPSA) is 49.8 Å². The van der Waals surface area contributed by atoms with E-state index in [-0.39, 0.29) is 6.42 Å². The summed E-state index contributed by atoms with van der Waals surface area (Å²) in [4.78, 5) is 12.5. The molecule has 4 heteroatoms. The van der Waals surface area contributed by atoms with Crippen LogP contribution in [0.15, 0.2) is 0 Å². The van der Waals surface area contributed by atoms with Gasteiger partial charge in [-0.05, 0) is 38.8 Å². The van der Waals surface area contributed by atoms with Gasteiger partial charge in [0.05, 0.1) is 6.42 Å². The van der Waals surface area contributed by atoms with E-state index >= 15 is 0 Å². The van der Waals surface area contributed by atoms with E-state index in [4.69, 9.17) is 9.84 Å². The number of carbonyl (C=O) groups is 1. The zero-order valence-corrected chi connectivity index (χ0v) is 9.45. The lowest BCUT2D eigenvalue weighted by Crippen LogP contribution is -2.26. The molecule has 88 valence electrons. The van der Waals surface area contributed by atoms with Crippen LogP contribution in [0.4, 0.5) is 0 Å². The zero-order valence-electron chi connectivity index (χ0n) is 9.45. The maximum Gasteiger partial charge on any atom is 0.304 e. The number of hydrogen-bond acceptors (Lipinski definition) is 3. The molecule has 0 spiro atoms. The summed E-state index contributed by atoms with van der Waals surface area (Å²) in [5, 5.41) is 8.54. The second-order valence-corrected chi connectivity index (χ2v) is 4.29. The van der Waals surface area contributed by atoms with E-state index in [1.54, 1.807) is 0 Å². The Labute approximate surface area is 91.2 Å². The van der Waals surface area contributed by atoms with Crippen molar-refractivity contribution in [2.75, 3.05) is 33.4 Å². The van der Waals surface area contributed by atoms with Crippen molar-refractivity contribution in [2.45, 2.75) is 25.7 Å². The van der Waals surface area contributed by atoms with E-state index in [1.165, 1.54) is 6.42 Å². The number of nitrogens with zero attached hydrogens (tertiary/aromatic N) is 1. The molecule has 1 saturated heterocycles. The van der Waals surface area contributed by atoms with Crippen LogP contribution < -0.4 is 0 Å². The summed E-state index contributed by atoms with van der Waals surface area (Å²) in [6.45, 7) is 3.43. The fourth-order valence-corrected chi connectivity index (χ4v) is 1.84. The van der Waals surface area contributed by atoms with Crippen LogP contribution in [0.5, 0.6) is 0 Å². The zero-order chi connectivity index (χ0) is 11.1. The van der Waals surface area contributed by atoms with E-state index in [0.29, 0.717) is 6.54 Å². The molecule has 0 bridgehead atoms. The molecule has 4 nitrogen and oxygen atoms in total. The number of aliphatic carboxylic acids is 1. The van der Waals surface area contributed by atoms with Gasteiger partial charge in [0, 0.05) is 19.8 Å². The van der Waals surface area contributed by atoms with Crippen LogP contribution >= 0.6 is 0 Å². The predicted molar refractivity (Wildman–Crippen MR) is 57.9 cm³/mol. The molecule has 0 amide bonds. The second-order valence-electron chi connectivity index (χ2n) is 4.29. The van der Waals surface area contributed by atoms with Crippen LogP contribution in [0.25, 0.3) is 0 Å². The van der Waals surface area contributed by atoms with Crippen molar-refractivity contribution in [3.63, 3.8) is 0 Å². The first kappa shape index (κ1) is 12.5. The third-order valence-electron chi connectivity index (χ3n) is 2.97. The highest BCUT2D eigenvalue weighted by atomic mass is 16.5. The van der Waals surface area contributed by atoms with E-state index in [1.807, 2.05) is 7.05 Å². The summed E-state index contributed by atoms with van der Waals surface area (Å²) >= 11 is 0. The fourth-order valence-electron chi connectivity index (χ4n) is 1.84. The molecule has 0 aromatic carbocycles. The van der Waals surface area contributed by atoms with Gasteiger partial charge in [-0.3, -0.25) is 4.79 Å². The maximum atomic E-state index is 10.4. The quantitative estimate of drug-likeness (QED) is 0.723. The molecule has 1 heterocycles. The number of carboxylic acids is 1. The molecule has 1 fully saturated rings. The Morgan fingerprint density at radius 2 is 2.07 bits per heavy atom. The van der Waals surface area contributed by atoms with E-state index < -0.39 is 5.97 Å². The molecule has 0 aliphatic carbocycles. The molecule has 1 aliphatic rings. The number of hydrogen-bond donors (Lipinski definition) is 1. The standard InChI is InChI=1S/C11H21NO3/c1-12(7-3-11(13)14)6-2-10-4-8-15-9-5-10/h10H,2-9H2,1H3,(H,13,14). The highest BCUT2D eigenvalue weighted by Gasteiger charge is 2.14. The van der Waals surface area contributed by atoms with E-state index in [2.05, 4.69) is 4.90 Å². The Hall–Kier alpha value is -0.610. The van der Waals surface area contributed by atoms with E-state index in [9.17, 15) is 4.79 Å². The largest absolute Gasteiger partial charge is 0.481 e. The van der Waals surface area contributed by atoms with Crippen molar-refractivity contribution in [2.24, 2.45) is 5.92 Å². The molecule has 0 saturated carbocycles. The molecular formula is C11H21NO3. The van der Waals surface area contributed by atoms with Crippen molar-refractivity contribution in [1.29, 1.82) is 0 Å². The molecule has 0 radical (unpaired) electrons. The average Bonchev–Trinajstić information content (AvgIpc) is 2.25. The van der Waals surface area contributed by atoms with Crippen molar-refractivity contribution < 1.29 is 14.6 Å². The molecule has 15 heavy (non-hydrogen) atoms. The smallest absolute Gasteiger partial charge is 0.304 e. The normalized spacial score (nSPS) is 18.3. The Morgan fingerprint density at radius 1 is 1.40 bits per heavy atom. The van der Waals surface area contributed by atoms with Crippen molar-refractivity contribution in [3.05, 3.63) is 0 Å². The fraction of sp³-hybridized carbons (Fsp3) is 0.909. The summed E-state index contributed by atoms with van der Waals surface area (Å²) in [7, 11) is 1.99. The summed E-state index contributed by atoms with van der Waals surface area (Å²) in [5.41, 5.74) is 0. The summed E-state index contributed by atoms with van der Waals surface area (Å²) < 4.78 is 5.29. The van der Waals surface area contributed by atoms with Gasteiger partial charge in [-0.15, -0.1) is 0 Å². The van der Waals surface area contributed by atoms with Gasteiger partial charge < -0.3 is 14.7 Å². The monoisotopic (exact) mass is 215 g/mol. The maximum absolute atomic E-state index is 10.4. The van der Waals surface area contributed by atoms with Crippen LogP contribution in [-0.2, 0) is 9.53 Å². The third-order valence-corrected chi connectivity index (χ3v) is 2.97. The third kappa shape index (κ3) is 5.74. The second kappa shape index (κ2) is 6.80. The molecule has 0 aromatic rings. The lowest BCUT2D eigenvalue weighted by molar-refractivity contribution is -0.137. The average molecular weight is 215 g/mol. The van der Waals surface area contributed by atoms with Gasteiger partial charge in [-0.2, -0.15) is 0 Å². The lowest BCUT2D eigenvalue weighted by atomic mass is 9.96. The summed E-state index contributed by atoms with van der Waals surface area (Å²) in [6, 6.07) is 0. The molecule has 1 aliphatic heterocycles. The Kier molecular flexibility index (Phi) is 5.65. The van der Waals surface area contributed by atoms with Crippen molar-refractivity contribution >= 4 is 5.97 Å². The molecule has 1 N–H and O–H groups in total. The minimum Gasteiger partial charge on any atom is -0.481 e. The first-order valence-electron chi connectivity index (χ1n) is 5.66. The van der Waals surface area contributed by atoms with Crippen LogP contribution in [0.3, 0.4) is 0 Å². The van der Waals surface area contributed by atoms with Crippen molar-refractivity contribution in [3.8, 4) is 0 Å². The van der Waals surface area contributed by atoms with Crippen LogP contribution in [-0.4, -0.2) is 49.3 Å². The molecular weight excluding hydrogens is 194 g/mol. The van der Waals surface area contributed by atoms with E-state index in [0.717, 1.165) is 38.5 Å². The Balaban J connectivity index is 2.04. The highest BCUT2D eigenvalue weighted by Crippen LogP contribution is 2.18. The Bertz CT molecular complexity index is 190. The molecule has 0 aromatic heterocycles. The minimum absolute atomic E-state index is 0.240. The van der Waals surface area contributed by atoms with Gasteiger partial charge in [0.15, 0.2) is 0 Å². The number of rotatable bonds is 6. The van der Waals surface area contributed by atoms with Crippen LogP contribution in [0.2, 0.25) is 0 Å². The Morgan fingerprint density at radius 3 is 2.67 bits per heavy atom. The van der Waals surface area contributed by atoms with Gasteiger partial charge in [0.2, 0.25) is 0 Å². The molecule has 1 rings (SSSR count). The van der Waals surface area contributed by atoms with Gasteiger partial charge in [-0.1, -0.05) is 0 Å². The number of ether oxygens (including phenoxy) is 1.